The second-order valence-electron chi connectivity index (χ2n) is 2.79. The summed E-state index contributed by atoms with van der Waals surface area (Å²) in [7, 11) is 4.24. The summed E-state index contributed by atoms with van der Waals surface area (Å²) in [4.78, 5) is 0. The van der Waals surface area contributed by atoms with Crippen molar-refractivity contribution in [3.63, 3.8) is 0 Å². The summed E-state index contributed by atoms with van der Waals surface area (Å²) >= 11 is 2.37. The van der Waals surface area contributed by atoms with Crippen LogP contribution < -0.4 is 0 Å². The standard InChI is InChI=1S/C7H17INS/c1-4-9(3,5-2)6-7-10-8/h4-7H2,1-3H3/q+1. The molecule has 0 spiro atoms. The van der Waals surface area contributed by atoms with Crippen molar-refractivity contribution in [3.05, 3.63) is 0 Å². The van der Waals surface area contributed by atoms with Gasteiger partial charge in [0.2, 0.25) is 0 Å². The molecular formula is C7H17INS+. The van der Waals surface area contributed by atoms with Crippen LogP contribution >= 0.6 is 30.1 Å². The predicted octanol–water partition coefficient (Wildman–Crippen LogP) is 2.56. The smallest absolute Gasteiger partial charge is 0.0884 e. The van der Waals surface area contributed by atoms with Crippen molar-refractivity contribution < 1.29 is 4.48 Å². The van der Waals surface area contributed by atoms with Crippen molar-refractivity contribution in [1.29, 1.82) is 0 Å². The molecule has 0 aliphatic rings. The molecule has 0 aromatic rings. The number of hydrogen-bond acceptors (Lipinski definition) is 1. The summed E-state index contributed by atoms with van der Waals surface area (Å²) < 4.78 is 1.22. The van der Waals surface area contributed by atoms with E-state index >= 15 is 0 Å². The van der Waals surface area contributed by atoms with Gasteiger partial charge in [0.05, 0.1) is 32.4 Å². The molecule has 0 bridgehead atoms. The number of hydrogen-bond donors (Lipinski definition) is 0. The Morgan fingerprint density at radius 3 is 2.10 bits per heavy atom. The monoisotopic (exact) mass is 274 g/mol. The van der Waals surface area contributed by atoms with Crippen LogP contribution in [-0.4, -0.2) is 36.9 Å². The van der Waals surface area contributed by atoms with Crippen LogP contribution in [0.5, 0.6) is 0 Å². The fourth-order valence-corrected chi connectivity index (χ4v) is 1.90. The van der Waals surface area contributed by atoms with Crippen LogP contribution in [0.25, 0.3) is 0 Å². The molecule has 0 saturated heterocycles. The first kappa shape index (κ1) is 11.0. The second-order valence-corrected chi connectivity index (χ2v) is 5.28. The zero-order valence-corrected chi connectivity index (χ0v) is 10.0. The Bertz CT molecular complexity index is 83.7. The van der Waals surface area contributed by atoms with E-state index in [0.29, 0.717) is 0 Å². The Morgan fingerprint density at radius 1 is 1.30 bits per heavy atom. The minimum atomic E-state index is 1.22. The lowest BCUT2D eigenvalue weighted by Crippen LogP contribution is -2.45. The van der Waals surface area contributed by atoms with Crippen LogP contribution in [0, 0.1) is 0 Å². The zero-order valence-electron chi connectivity index (χ0n) is 7.06. The van der Waals surface area contributed by atoms with Crippen LogP contribution in [0.2, 0.25) is 0 Å². The van der Waals surface area contributed by atoms with Crippen LogP contribution in [0.4, 0.5) is 0 Å². The van der Waals surface area contributed by atoms with Gasteiger partial charge in [-0.3, -0.25) is 0 Å². The lowest BCUT2D eigenvalue weighted by Gasteiger charge is -2.31. The summed E-state index contributed by atoms with van der Waals surface area (Å²) in [6, 6.07) is 0. The summed E-state index contributed by atoms with van der Waals surface area (Å²) in [6.07, 6.45) is 0. The van der Waals surface area contributed by atoms with Crippen molar-refractivity contribution in [3.8, 4) is 0 Å². The van der Waals surface area contributed by atoms with Gasteiger partial charge >= 0.3 is 0 Å². The molecule has 0 radical (unpaired) electrons. The molecule has 0 saturated carbocycles. The van der Waals surface area contributed by atoms with Gasteiger partial charge in [-0.1, -0.05) is 8.93 Å². The molecule has 0 amide bonds. The van der Waals surface area contributed by atoms with Crippen molar-refractivity contribution in [1.82, 2.24) is 0 Å². The highest BCUT2D eigenvalue weighted by atomic mass is 127. The highest BCUT2D eigenvalue weighted by Crippen LogP contribution is 2.12. The van der Waals surface area contributed by atoms with Gasteiger partial charge in [-0.25, -0.2) is 0 Å². The molecule has 0 heterocycles. The first-order valence-corrected chi connectivity index (χ1v) is 7.28. The Balaban J connectivity index is 3.58. The molecular weight excluding hydrogens is 257 g/mol. The quantitative estimate of drug-likeness (QED) is 0.548. The van der Waals surface area contributed by atoms with E-state index < -0.39 is 0 Å². The molecule has 0 aliphatic heterocycles. The topological polar surface area (TPSA) is 0 Å². The Kier molecular flexibility index (Phi) is 6.25. The molecule has 0 N–H and O–H groups in total. The van der Waals surface area contributed by atoms with Crippen LogP contribution in [0.15, 0.2) is 0 Å². The highest BCUT2D eigenvalue weighted by Gasteiger charge is 2.14. The number of halogens is 1. The van der Waals surface area contributed by atoms with E-state index in [-0.39, 0.29) is 0 Å². The van der Waals surface area contributed by atoms with Crippen LogP contribution in [0.1, 0.15) is 13.8 Å². The molecule has 3 heteroatoms. The summed E-state index contributed by atoms with van der Waals surface area (Å²) in [5, 5.41) is 0. The van der Waals surface area contributed by atoms with Crippen molar-refractivity contribution >= 4 is 30.1 Å². The molecule has 0 fully saturated rings. The van der Waals surface area contributed by atoms with Gasteiger partial charge < -0.3 is 4.48 Å². The molecule has 0 rings (SSSR count). The summed E-state index contributed by atoms with van der Waals surface area (Å²) in [5.41, 5.74) is 0. The fraction of sp³-hybridized carbons (Fsp3) is 1.00. The van der Waals surface area contributed by atoms with Crippen LogP contribution in [0.3, 0.4) is 0 Å². The predicted molar refractivity (Wildman–Crippen MR) is 58.6 cm³/mol. The molecule has 10 heavy (non-hydrogen) atoms. The van der Waals surface area contributed by atoms with Gasteiger partial charge in [-0.15, -0.1) is 0 Å². The van der Waals surface area contributed by atoms with Gasteiger partial charge in [-0.05, 0) is 35.1 Å². The average Bonchev–Trinajstić information content (AvgIpc) is 2.00. The minimum Gasteiger partial charge on any atom is -0.326 e. The van der Waals surface area contributed by atoms with Gasteiger partial charge in [0, 0.05) is 0 Å². The van der Waals surface area contributed by atoms with Crippen molar-refractivity contribution in [2.45, 2.75) is 13.8 Å². The van der Waals surface area contributed by atoms with E-state index in [1.807, 2.05) is 8.93 Å². The third-order valence-electron chi connectivity index (χ3n) is 2.24. The largest absolute Gasteiger partial charge is 0.326 e. The normalized spacial score (nSPS) is 12.0. The number of rotatable bonds is 5. The van der Waals surface area contributed by atoms with Crippen LogP contribution in [-0.2, 0) is 0 Å². The van der Waals surface area contributed by atoms with E-state index in [4.69, 9.17) is 0 Å². The summed E-state index contributed by atoms with van der Waals surface area (Å²) in [6.45, 7) is 8.35. The van der Waals surface area contributed by atoms with E-state index in [0.717, 1.165) is 0 Å². The lowest BCUT2D eigenvalue weighted by atomic mass is 10.4. The number of nitrogens with zero attached hydrogens (tertiary/aromatic N) is 1. The Labute approximate surface area is 80.7 Å². The zero-order chi connectivity index (χ0) is 8.04. The molecule has 0 atom stereocenters. The van der Waals surface area contributed by atoms with Crippen molar-refractivity contribution in [2.24, 2.45) is 0 Å². The fourth-order valence-electron chi connectivity index (χ4n) is 0.795. The van der Waals surface area contributed by atoms with Crippen molar-refractivity contribution in [2.75, 3.05) is 32.4 Å². The van der Waals surface area contributed by atoms with Gasteiger partial charge in [0.15, 0.2) is 0 Å². The Morgan fingerprint density at radius 2 is 1.80 bits per heavy atom. The molecule has 0 aromatic heterocycles. The molecule has 0 unspecified atom stereocenters. The lowest BCUT2D eigenvalue weighted by molar-refractivity contribution is -0.903. The molecule has 0 aromatic carbocycles. The molecule has 1 nitrogen and oxygen atoms in total. The van der Waals surface area contributed by atoms with E-state index in [9.17, 15) is 0 Å². The number of quaternary nitrogens is 1. The average molecular weight is 274 g/mol. The first-order chi connectivity index (χ1) is 4.68. The Hall–Kier alpha value is 1.04. The third-order valence-corrected chi connectivity index (χ3v) is 3.89. The molecule has 62 valence electrons. The maximum Gasteiger partial charge on any atom is 0.0884 e. The van der Waals surface area contributed by atoms with E-state index in [2.05, 4.69) is 42.1 Å². The first-order valence-electron chi connectivity index (χ1n) is 3.75. The van der Waals surface area contributed by atoms with Gasteiger partial charge in [-0.2, -0.15) is 0 Å². The minimum absolute atomic E-state index is 1.22. The third kappa shape index (κ3) is 4.03. The maximum atomic E-state index is 2.37. The highest BCUT2D eigenvalue weighted by molar-refractivity contribution is 14.2. The SMILES string of the molecule is CC[N+](C)(CC)CCSI. The summed E-state index contributed by atoms with van der Waals surface area (Å²) in [5.74, 6) is 1.28. The molecule has 0 aliphatic carbocycles. The second kappa shape index (κ2) is 5.66. The maximum absolute atomic E-state index is 2.37. The van der Waals surface area contributed by atoms with E-state index in [1.54, 1.807) is 0 Å². The van der Waals surface area contributed by atoms with Gasteiger partial charge in [0.1, 0.15) is 0 Å². The van der Waals surface area contributed by atoms with Gasteiger partial charge in [0.25, 0.3) is 0 Å². The van der Waals surface area contributed by atoms with E-state index in [1.165, 1.54) is 29.9 Å².